The minimum atomic E-state index is -1.03. The Kier molecular flexibility index (Phi) is 6.46. The van der Waals surface area contributed by atoms with Crippen molar-refractivity contribution in [3.63, 3.8) is 0 Å². The van der Waals surface area contributed by atoms with Gasteiger partial charge < -0.3 is 15.2 Å². The number of carboxylic acids is 1. The molecular formula is C16H21NO4. The predicted molar refractivity (Wildman–Crippen MR) is 81.2 cm³/mol. The lowest BCUT2D eigenvalue weighted by Gasteiger charge is -2.13. The second kappa shape index (κ2) is 8.09. The average Bonchev–Trinajstić information content (AvgIpc) is 2.43. The van der Waals surface area contributed by atoms with E-state index in [1.54, 1.807) is 12.1 Å². The van der Waals surface area contributed by atoms with Crippen LogP contribution in [0.1, 0.15) is 31.4 Å². The molecule has 1 aromatic carbocycles. The molecule has 5 heteroatoms. The maximum absolute atomic E-state index is 11.7. The summed E-state index contributed by atoms with van der Waals surface area (Å²) in [5, 5.41) is 11.5. The summed E-state index contributed by atoms with van der Waals surface area (Å²) in [5.74, 6) is -0.743. The van der Waals surface area contributed by atoms with Crippen LogP contribution in [-0.2, 0) is 9.59 Å². The van der Waals surface area contributed by atoms with Gasteiger partial charge in [0.1, 0.15) is 5.75 Å². The maximum atomic E-state index is 11.7. The molecule has 1 aromatic rings. The van der Waals surface area contributed by atoms with E-state index in [-0.39, 0.29) is 18.6 Å². The van der Waals surface area contributed by atoms with Crippen LogP contribution in [0.2, 0.25) is 0 Å². The summed E-state index contributed by atoms with van der Waals surface area (Å²) in [7, 11) is 0. The summed E-state index contributed by atoms with van der Waals surface area (Å²) in [6.07, 6.45) is 3.35. The molecule has 0 radical (unpaired) electrons. The number of benzene rings is 1. The monoisotopic (exact) mass is 291 g/mol. The molecule has 21 heavy (non-hydrogen) atoms. The molecule has 0 aliphatic heterocycles. The Morgan fingerprint density at radius 3 is 2.76 bits per heavy atom. The Morgan fingerprint density at radius 1 is 1.43 bits per heavy atom. The van der Waals surface area contributed by atoms with Gasteiger partial charge in [-0.05, 0) is 38.5 Å². The molecule has 1 atom stereocenters. The number of carbonyl (C=O) groups excluding carboxylic acids is 1. The van der Waals surface area contributed by atoms with Crippen molar-refractivity contribution in [1.29, 1.82) is 0 Å². The zero-order valence-electron chi connectivity index (χ0n) is 12.6. The predicted octanol–water partition coefficient (Wildman–Crippen LogP) is 2.39. The molecule has 0 aromatic heterocycles. The molecule has 5 nitrogen and oxygen atoms in total. The molecule has 114 valence electrons. The Morgan fingerprint density at radius 2 is 2.14 bits per heavy atom. The molecule has 1 amide bonds. The minimum Gasteiger partial charge on any atom is -0.483 e. The summed E-state index contributed by atoms with van der Waals surface area (Å²) < 4.78 is 5.48. The first kappa shape index (κ1) is 16.8. The summed E-state index contributed by atoms with van der Waals surface area (Å²) in [6, 6.07) is 5.49. The number of rotatable bonds is 7. The smallest absolute Gasteiger partial charge is 0.328 e. The van der Waals surface area contributed by atoms with E-state index in [4.69, 9.17) is 9.84 Å². The van der Waals surface area contributed by atoms with Crippen molar-refractivity contribution >= 4 is 18.0 Å². The number of hydrogen-bond donors (Lipinski definition) is 2. The normalized spacial score (nSPS) is 12.1. The maximum Gasteiger partial charge on any atom is 0.328 e. The van der Waals surface area contributed by atoms with Gasteiger partial charge in [-0.3, -0.25) is 4.79 Å². The molecule has 1 rings (SSSR count). The number of nitrogens with one attached hydrogen (secondary N) is 1. The van der Waals surface area contributed by atoms with Gasteiger partial charge in [0.15, 0.2) is 6.61 Å². The van der Waals surface area contributed by atoms with E-state index in [1.807, 2.05) is 26.8 Å². The van der Waals surface area contributed by atoms with Crippen LogP contribution in [0.25, 0.3) is 6.08 Å². The summed E-state index contributed by atoms with van der Waals surface area (Å²) in [4.78, 5) is 22.3. The topological polar surface area (TPSA) is 75.6 Å². The Labute approximate surface area is 124 Å². The Hall–Kier alpha value is -2.30. The van der Waals surface area contributed by atoms with Crippen LogP contribution < -0.4 is 10.1 Å². The van der Waals surface area contributed by atoms with Crippen molar-refractivity contribution in [1.82, 2.24) is 5.32 Å². The molecule has 0 aliphatic carbocycles. The van der Waals surface area contributed by atoms with Gasteiger partial charge >= 0.3 is 5.97 Å². The fourth-order valence-corrected chi connectivity index (χ4v) is 1.65. The van der Waals surface area contributed by atoms with E-state index < -0.39 is 5.97 Å². The second-order valence-electron chi connectivity index (χ2n) is 4.88. The highest BCUT2D eigenvalue weighted by Crippen LogP contribution is 2.21. The first-order valence-corrected chi connectivity index (χ1v) is 6.86. The highest BCUT2D eigenvalue weighted by molar-refractivity contribution is 5.86. The zero-order valence-corrected chi connectivity index (χ0v) is 12.6. The van der Waals surface area contributed by atoms with E-state index in [0.29, 0.717) is 11.3 Å². The highest BCUT2D eigenvalue weighted by atomic mass is 16.5. The lowest BCUT2D eigenvalue weighted by Crippen LogP contribution is -2.35. The van der Waals surface area contributed by atoms with E-state index in [2.05, 4.69) is 5.32 Å². The molecule has 1 unspecified atom stereocenters. The Balaban J connectivity index is 2.74. The molecule has 0 heterocycles. The van der Waals surface area contributed by atoms with Crippen molar-refractivity contribution in [3.05, 3.63) is 35.4 Å². The molecule has 0 saturated carbocycles. The van der Waals surface area contributed by atoms with E-state index in [9.17, 15) is 9.59 Å². The van der Waals surface area contributed by atoms with Crippen LogP contribution in [0.3, 0.4) is 0 Å². The van der Waals surface area contributed by atoms with E-state index >= 15 is 0 Å². The minimum absolute atomic E-state index is 0.0959. The fourth-order valence-electron chi connectivity index (χ4n) is 1.65. The molecule has 0 spiro atoms. The number of amides is 1. The fraction of sp³-hybridized carbons (Fsp3) is 0.375. The van der Waals surface area contributed by atoms with Crippen molar-refractivity contribution in [2.45, 2.75) is 33.2 Å². The third-order valence-corrected chi connectivity index (χ3v) is 2.95. The van der Waals surface area contributed by atoms with Crippen LogP contribution in [0.5, 0.6) is 5.75 Å². The first-order chi connectivity index (χ1) is 9.92. The summed E-state index contributed by atoms with van der Waals surface area (Å²) >= 11 is 0. The molecule has 0 saturated heterocycles. The van der Waals surface area contributed by atoms with Crippen LogP contribution in [0.4, 0.5) is 0 Å². The van der Waals surface area contributed by atoms with Gasteiger partial charge in [0.05, 0.1) is 0 Å². The van der Waals surface area contributed by atoms with Crippen LogP contribution in [0, 0.1) is 6.92 Å². The van der Waals surface area contributed by atoms with Crippen LogP contribution in [-0.4, -0.2) is 29.6 Å². The highest BCUT2D eigenvalue weighted by Gasteiger charge is 2.08. The van der Waals surface area contributed by atoms with Gasteiger partial charge in [0, 0.05) is 17.7 Å². The van der Waals surface area contributed by atoms with Crippen LogP contribution in [0.15, 0.2) is 24.3 Å². The lowest BCUT2D eigenvalue weighted by molar-refractivity contribution is -0.131. The third kappa shape index (κ3) is 6.12. The summed E-state index contributed by atoms with van der Waals surface area (Å²) in [6.45, 7) is 5.71. The molecule has 0 bridgehead atoms. The van der Waals surface area contributed by atoms with Gasteiger partial charge in [-0.1, -0.05) is 18.6 Å². The summed E-state index contributed by atoms with van der Waals surface area (Å²) in [5.41, 5.74) is 1.62. The SMILES string of the molecule is CCC(C)NC(=O)COc1ccc(C)cc1C=CC(=O)O. The lowest BCUT2D eigenvalue weighted by atomic mass is 10.1. The van der Waals surface area contributed by atoms with Crippen molar-refractivity contribution in [3.8, 4) is 5.75 Å². The number of hydrogen-bond acceptors (Lipinski definition) is 3. The Bertz CT molecular complexity index is 537. The van der Waals surface area contributed by atoms with E-state index in [1.165, 1.54) is 6.08 Å². The van der Waals surface area contributed by atoms with E-state index in [0.717, 1.165) is 18.1 Å². The van der Waals surface area contributed by atoms with Gasteiger partial charge in [-0.15, -0.1) is 0 Å². The third-order valence-electron chi connectivity index (χ3n) is 2.95. The van der Waals surface area contributed by atoms with Gasteiger partial charge in [-0.2, -0.15) is 0 Å². The molecule has 0 fully saturated rings. The number of carbonyl (C=O) groups is 2. The first-order valence-electron chi connectivity index (χ1n) is 6.86. The van der Waals surface area contributed by atoms with Gasteiger partial charge in [-0.25, -0.2) is 4.79 Å². The molecule has 2 N–H and O–H groups in total. The average molecular weight is 291 g/mol. The van der Waals surface area contributed by atoms with Crippen molar-refractivity contribution in [2.75, 3.05) is 6.61 Å². The number of ether oxygens (including phenoxy) is 1. The van der Waals surface area contributed by atoms with Gasteiger partial charge in [0.25, 0.3) is 5.91 Å². The standard InChI is InChI=1S/C16H21NO4/c1-4-12(3)17-15(18)10-21-14-7-5-11(2)9-13(14)6-8-16(19)20/h5-9,12H,4,10H2,1-3H3,(H,17,18)(H,19,20). The largest absolute Gasteiger partial charge is 0.483 e. The zero-order chi connectivity index (χ0) is 15.8. The van der Waals surface area contributed by atoms with Crippen LogP contribution >= 0.6 is 0 Å². The number of aryl methyl sites for hydroxylation is 1. The van der Waals surface area contributed by atoms with Crippen molar-refractivity contribution < 1.29 is 19.4 Å². The number of carboxylic acid groups (broad SMARTS) is 1. The second-order valence-corrected chi connectivity index (χ2v) is 4.88. The molecular weight excluding hydrogens is 270 g/mol. The molecule has 0 aliphatic rings. The van der Waals surface area contributed by atoms with Gasteiger partial charge in [0.2, 0.25) is 0 Å². The number of aliphatic carboxylic acids is 1. The van der Waals surface area contributed by atoms with Crippen molar-refractivity contribution in [2.24, 2.45) is 0 Å². The quantitative estimate of drug-likeness (QED) is 0.756.